The summed E-state index contributed by atoms with van der Waals surface area (Å²) in [5, 5.41) is 21.0. The highest BCUT2D eigenvalue weighted by molar-refractivity contribution is 5.88. The number of fused-ring (bicyclic) bond motifs is 1. The molecule has 188 valence electrons. The van der Waals surface area contributed by atoms with E-state index in [2.05, 4.69) is 13.8 Å². The lowest BCUT2D eigenvalue weighted by Gasteiger charge is -2.32. The van der Waals surface area contributed by atoms with E-state index in [0.717, 1.165) is 23.0 Å². The highest BCUT2D eigenvalue weighted by Crippen LogP contribution is 2.39. The number of morpholine rings is 1. The average Bonchev–Trinajstić information content (AvgIpc) is 2.86. The van der Waals surface area contributed by atoms with Gasteiger partial charge < -0.3 is 14.0 Å². The van der Waals surface area contributed by atoms with E-state index in [1.54, 1.807) is 23.3 Å². The van der Waals surface area contributed by atoms with Crippen molar-refractivity contribution in [2.45, 2.75) is 32.7 Å². The smallest absolute Gasteiger partial charge is 0.349 e. The Bertz CT molecular complexity index is 1450. The van der Waals surface area contributed by atoms with Crippen molar-refractivity contribution in [2.75, 3.05) is 19.8 Å². The third-order valence-corrected chi connectivity index (χ3v) is 6.17. The quantitative estimate of drug-likeness (QED) is 0.334. The molecule has 8 nitrogen and oxygen atoms in total. The van der Waals surface area contributed by atoms with E-state index in [1.165, 1.54) is 12.1 Å². The van der Waals surface area contributed by atoms with Gasteiger partial charge in [0.15, 0.2) is 0 Å². The molecule has 2 aliphatic rings. The number of nitrogens with zero attached hydrogens (tertiary/aromatic N) is 3. The number of ether oxygens (including phenoxy) is 1. The van der Waals surface area contributed by atoms with Gasteiger partial charge in [-0.1, -0.05) is 44.2 Å². The number of hydroxylamine groups is 2. The van der Waals surface area contributed by atoms with Crippen LogP contribution in [0.5, 0.6) is 0 Å². The van der Waals surface area contributed by atoms with Gasteiger partial charge in [-0.15, -0.1) is 5.06 Å². The fourth-order valence-corrected chi connectivity index (χ4v) is 4.49. The van der Waals surface area contributed by atoms with E-state index in [-0.39, 0.29) is 17.0 Å². The number of carbonyl (C=O) groups excluding carboxylic acids is 1. The summed E-state index contributed by atoms with van der Waals surface area (Å²) < 4.78 is 10.8. The number of carbonyl (C=O) groups is 1. The Morgan fingerprint density at radius 3 is 2.73 bits per heavy atom. The molecule has 1 fully saturated rings. The van der Waals surface area contributed by atoms with Crippen LogP contribution in [0.2, 0.25) is 0 Å². The summed E-state index contributed by atoms with van der Waals surface area (Å²) in [6.45, 7) is 5.42. The zero-order valence-electron chi connectivity index (χ0n) is 20.8. The number of hydrogen-bond donors (Lipinski definition) is 0. The summed E-state index contributed by atoms with van der Waals surface area (Å²) in [7, 11) is 0. The van der Waals surface area contributed by atoms with E-state index in [0.29, 0.717) is 37.3 Å². The molecule has 1 atom stereocenters. The molecule has 0 amide bonds. The fourth-order valence-electron chi connectivity index (χ4n) is 4.49. The number of nitriles is 2. The Labute approximate surface area is 214 Å². The number of rotatable bonds is 5. The lowest BCUT2D eigenvalue weighted by Crippen LogP contribution is -2.45. The lowest BCUT2D eigenvalue weighted by molar-refractivity contribution is -0.211. The van der Waals surface area contributed by atoms with Crippen LogP contribution in [0.25, 0.3) is 17.0 Å². The number of allylic oxidation sites excluding steroid dienone is 5. The highest BCUT2D eigenvalue weighted by Gasteiger charge is 2.28. The van der Waals surface area contributed by atoms with Gasteiger partial charge in [0.2, 0.25) is 0 Å². The second-order valence-electron chi connectivity index (χ2n) is 9.80. The second kappa shape index (κ2) is 11.2. The first kappa shape index (κ1) is 25.8. The largest absolute Gasteiger partial charge is 0.423 e. The summed E-state index contributed by atoms with van der Waals surface area (Å²) in [4.78, 5) is 29.6. The monoisotopic (exact) mass is 497 g/mol. The molecular weight excluding hydrogens is 470 g/mol. The summed E-state index contributed by atoms with van der Waals surface area (Å²) in [6.07, 6.45) is 10.2. The maximum absolute atomic E-state index is 12.6. The minimum Gasteiger partial charge on any atom is -0.423 e. The molecule has 0 bridgehead atoms. The Kier molecular flexibility index (Phi) is 7.83. The SMILES string of the molecule is CC1(C)CC(C=CC2COCCN2OC(=O)C=Cc2ccc3ccc(=O)oc3c2)=CC(=C(C#N)C#N)C1. The van der Waals surface area contributed by atoms with Gasteiger partial charge in [-0.05, 0) is 53.2 Å². The van der Waals surface area contributed by atoms with Crippen LogP contribution in [-0.2, 0) is 14.4 Å². The van der Waals surface area contributed by atoms with Gasteiger partial charge in [0.25, 0.3) is 0 Å². The van der Waals surface area contributed by atoms with E-state index >= 15 is 0 Å². The van der Waals surface area contributed by atoms with Gasteiger partial charge in [-0.3, -0.25) is 0 Å². The van der Waals surface area contributed by atoms with Gasteiger partial charge in [0, 0.05) is 17.5 Å². The molecule has 0 spiro atoms. The average molecular weight is 498 g/mol. The fraction of sp³-hybridized carbons (Fsp3) is 0.310. The molecule has 1 unspecified atom stereocenters. The minimum atomic E-state index is -0.536. The predicted molar refractivity (Wildman–Crippen MR) is 137 cm³/mol. The first-order valence-electron chi connectivity index (χ1n) is 12.0. The first-order valence-corrected chi connectivity index (χ1v) is 12.0. The van der Waals surface area contributed by atoms with Gasteiger partial charge in [0.1, 0.15) is 23.3 Å². The van der Waals surface area contributed by atoms with E-state index in [4.69, 9.17) is 14.0 Å². The third kappa shape index (κ3) is 6.71. The standard InChI is InChI=1S/C29H27N3O5/c1-29(2)15-21(13-23(16-29)24(17-30)18-31)4-8-25-19-35-12-11-32(25)37-28(34)9-5-20-3-6-22-7-10-27(33)36-26(22)14-20/h3-10,13-14,25H,11-12,15-16,19H2,1-2H3. The Balaban J connectivity index is 1.45. The number of hydrogen-bond acceptors (Lipinski definition) is 8. The van der Waals surface area contributed by atoms with Crippen molar-refractivity contribution >= 4 is 23.0 Å². The second-order valence-corrected chi connectivity index (χ2v) is 9.80. The van der Waals surface area contributed by atoms with Crippen molar-refractivity contribution < 1.29 is 18.8 Å². The first-order chi connectivity index (χ1) is 17.8. The molecule has 37 heavy (non-hydrogen) atoms. The maximum Gasteiger partial charge on any atom is 0.349 e. The van der Waals surface area contributed by atoms with Gasteiger partial charge in [-0.25, -0.2) is 9.59 Å². The van der Waals surface area contributed by atoms with Crippen molar-refractivity contribution in [3.8, 4) is 12.1 Å². The molecule has 0 radical (unpaired) electrons. The molecule has 2 aromatic rings. The van der Waals surface area contributed by atoms with Crippen molar-refractivity contribution in [3.63, 3.8) is 0 Å². The van der Waals surface area contributed by atoms with Gasteiger partial charge in [0.05, 0.1) is 25.8 Å². The summed E-state index contributed by atoms with van der Waals surface area (Å²) in [6, 6.07) is 12.0. The molecule has 1 aliphatic heterocycles. The zero-order valence-corrected chi connectivity index (χ0v) is 20.8. The van der Waals surface area contributed by atoms with Crippen LogP contribution in [-0.4, -0.2) is 36.8 Å². The number of benzene rings is 1. The molecule has 4 rings (SSSR count). The molecule has 2 heterocycles. The van der Waals surface area contributed by atoms with Gasteiger partial charge >= 0.3 is 11.6 Å². The minimum absolute atomic E-state index is 0.0893. The summed E-state index contributed by atoms with van der Waals surface area (Å²) >= 11 is 0. The van der Waals surface area contributed by atoms with E-state index in [9.17, 15) is 20.1 Å². The van der Waals surface area contributed by atoms with Crippen LogP contribution in [0.1, 0.15) is 32.3 Å². The predicted octanol–water partition coefficient (Wildman–Crippen LogP) is 4.61. The van der Waals surface area contributed by atoms with Crippen molar-refractivity contribution in [3.05, 3.63) is 87.3 Å². The molecule has 1 aromatic carbocycles. The molecular formula is C29H27N3O5. The molecule has 1 saturated heterocycles. The van der Waals surface area contributed by atoms with Crippen LogP contribution in [0.15, 0.2) is 80.6 Å². The molecule has 0 N–H and O–H groups in total. The Morgan fingerprint density at radius 2 is 1.95 bits per heavy atom. The topological polar surface area (TPSA) is 117 Å². The summed E-state index contributed by atoms with van der Waals surface area (Å²) in [5.74, 6) is -0.536. The Morgan fingerprint density at radius 1 is 1.16 bits per heavy atom. The van der Waals surface area contributed by atoms with E-state index in [1.807, 2.05) is 42.5 Å². The van der Waals surface area contributed by atoms with Crippen LogP contribution in [0.3, 0.4) is 0 Å². The Hall–Kier alpha value is -4.24. The van der Waals surface area contributed by atoms with Crippen molar-refractivity contribution in [1.29, 1.82) is 10.5 Å². The van der Waals surface area contributed by atoms with Crippen LogP contribution >= 0.6 is 0 Å². The lowest BCUT2D eigenvalue weighted by atomic mass is 9.74. The molecule has 0 saturated carbocycles. The highest BCUT2D eigenvalue weighted by atomic mass is 16.7. The van der Waals surface area contributed by atoms with Crippen LogP contribution in [0, 0.1) is 28.1 Å². The maximum atomic E-state index is 12.6. The molecule has 8 heteroatoms. The van der Waals surface area contributed by atoms with Crippen LogP contribution < -0.4 is 5.63 Å². The van der Waals surface area contributed by atoms with Crippen molar-refractivity contribution in [1.82, 2.24) is 5.06 Å². The zero-order chi connectivity index (χ0) is 26.4. The van der Waals surface area contributed by atoms with Crippen LogP contribution in [0.4, 0.5) is 0 Å². The van der Waals surface area contributed by atoms with E-state index < -0.39 is 11.6 Å². The summed E-state index contributed by atoms with van der Waals surface area (Å²) in [5.41, 5.74) is 2.48. The van der Waals surface area contributed by atoms with Gasteiger partial charge in [-0.2, -0.15) is 10.5 Å². The third-order valence-electron chi connectivity index (χ3n) is 6.17. The van der Waals surface area contributed by atoms with Crippen molar-refractivity contribution in [2.24, 2.45) is 5.41 Å². The molecule has 1 aromatic heterocycles. The molecule has 1 aliphatic carbocycles. The normalized spacial score (nSPS) is 19.9.